The van der Waals surface area contributed by atoms with Gasteiger partial charge in [0.15, 0.2) is 12.6 Å². The maximum Gasteiger partial charge on any atom is 0.337 e. The van der Waals surface area contributed by atoms with Crippen LogP contribution in [0.3, 0.4) is 0 Å². The topological polar surface area (TPSA) is 214 Å². The SMILES string of the molecule is C=CC1C(OC2OC(COC3OC(CO)C(O)C(O)C3O)C(O)C(O)C2O)OC=C2C(=O)OCCC21. The molecule has 204 valence electrons. The second kappa shape index (κ2) is 11.4. The number of aliphatic hydroxyl groups excluding tert-OH is 7. The van der Waals surface area contributed by atoms with Gasteiger partial charge in [-0.05, 0) is 6.42 Å². The van der Waals surface area contributed by atoms with Gasteiger partial charge in [0, 0.05) is 11.8 Å². The van der Waals surface area contributed by atoms with Crippen LogP contribution in [0.4, 0.5) is 0 Å². The van der Waals surface area contributed by atoms with Crippen LogP contribution in [-0.2, 0) is 33.2 Å². The van der Waals surface area contributed by atoms with E-state index in [1.165, 1.54) is 6.26 Å². The van der Waals surface area contributed by atoms with E-state index in [1.807, 2.05) is 0 Å². The number of fused-ring (bicyclic) bond motifs is 1. The fraction of sp³-hybridized carbons (Fsp3) is 0.773. The lowest BCUT2D eigenvalue weighted by Crippen LogP contribution is -2.62. The summed E-state index contributed by atoms with van der Waals surface area (Å²) in [4.78, 5) is 12.0. The summed E-state index contributed by atoms with van der Waals surface area (Å²) in [6, 6.07) is 0. The summed E-state index contributed by atoms with van der Waals surface area (Å²) in [5.74, 6) is -1.32. The lowest BCUT2D eigenvalue weighted by molar-refractivity contribution is -0.352. The third-order valence-corrected chi connectivity index (χ3v) is 6.89. The molecule has 0 amide bonds. The second-order valence-corrected chi connectivity index (χ2v) is 9.10. The molecule has 0 aromatic heterocycles. The van der Waals surface area contributed by atoms with Gasteiger partial charge in [-0.2, -0.15) is 0 Å². The first-order valence-corrected chi connectivity index (χ1v) is 11.6. The van der Waals surface area contributed by atoms with Crippen LogP contribution in [-0.4, -0.2) is 129 Å². The van der Waals surface area contributed by atoms with Gasteiger partial charge < -0.3 is 64.2 Å². The summed E-state index contributed by atoms with van der Waals surface area (Å²) >= 11 is 0. The molecule has 0 bridgehead atoms. The van der Waals surface area contributed by atoms with Crippen molar-refractivity contribution >= 4 is 5.97 Å². The Morgan fingerprint density at radius 3 is 2.22 bits per heavy atom. The van der Waals surface area contributed by atoms with E-state index >= 15 is 0 Å². The molecule has 14 heteroatoms. The first kappa shape index (κ1) is 27.3. The van der Waals surface area contributed by atoms with E-state index in [-0.39, 0.29) is 12.5 Å². The van der Waals surface area contributed by atoms with E-state index in [0.717, 1.165) is 0 Å². The van der Waals surface area contributed by atoms with Crippen molar-refractivity contribution in [1.82, 2.24) is 0 Å². The Morgan fingerprint density at radius 1 is 0.917 bits per heavy atom. The van der Waals surface area contributed by atoms with Gasteiger partial charge in [0.05, 0.1) is 31.7 Å². The first-order valence-electron chi connectivity index (χ1n) is 11.6. The summed E-state index contributed by atoms with van der Waals surface area (Å²) in [7, 11) is 0. The van der Waals surface area contributed by atoms with Gasteiger partial charge in [0.2, 0.25) is 6.29 Å². The predicted molar refractivity (Wildman–Crippen MR) is 113 cm³/mol. The number of hydrogen-bond acceptors (Lipinski definition) is 14. The van der Waals surface area contributed by atoms with E-state index in [2.05, 4.69) is 6.58 Å². The van der Waals surface area contributed by atoms with Crippen molar-refractivity contribution in [3.63, 3.8) is 0 Å². The quantitative estimate of drug-likeness (QED) is 0.127. The predicted octanol–water partition coefficient (Wildman–Crippen LogP) is -3.77. The lowest BCUT2D eigenvalue weighted by Gasteiger charge is -2.44. The van der Waals surface area contributed by atoms with Crippen molar-refractivity contribution in [2.24, 2.45) is 11.8 Å². The van der Waals surface area contributed by atoms with Crippen LogP contribution in [0.1, 0.15) is 6.42 Å². The van der Waals surface area contributed by atoms with E-state index < -0.39 is 92.8 Å². The van der Waals surface area contributed by atoms with Crippen LogP contribution in [0.15, 0.2) is 24.5 Å². The minimum atomic E-state index is -1.71. The molecule has 0 radical (unpaired) electrons. The molecule has 7 N–H and O–H groups in total. The van der Waals surface area contributed by atoms with Crippen molar-refractivity contribution < 1.29 is 69.0 Å². The Balaban J connectivity index is 1.42. The Morgan fingerprint density at radius 2 is 1.56 bits per heavy atom. The van der Waals surface area contributed by atoms with Gasteiger partial charge in [-0.15, -0.1) is 6.58 Å². The molecule has 4 aliphatic rings. The maximum atomic E-state index is 12.0. The molecular formula is C22H32O14. The van der Waals surface area contributed by atoms with Crippen molar-refractivity contribution in [2.45, 2.75) is 74.1 Å². The summed E-state index contributed by atoms with van der Waals surface area (Å²) in [6.07, 6.45) is -13.2. The van der Waals surface area contributed by atoms with Crippen LogP contribution in [0.25, 0.3) is 0 Å². The highest BCUT2D eigenvalue weighted by Gasteiger charge is 2.49. The number of ether oxygens (including phenoxy) is 6. The Bertz CT molecular complexity index is 819. The molecule has 0 aliphatic carbocycles. The molecule has 14 nitrogen and oxygen atoms in total. The van der Waals surface area contributed by atoms with Crippen molar-refractivity contribution in [1.29, 1.82) is 0 Å². The molecule has 0 aromatic rings. The third-order valence-electron chi connectivity index (χ3n) is 6.89. The van der Waals surface area contributed by atoms with E-state index in [4.69, 9.17) is 28.4 Å². The van der Waals surface area contributed by atoms with E-state index in [1.54, 1.807) is 6.08 Å². The standard InChI is InChI=1S/C22H32O14/c1-2-8-9-3-4-31-19(30)10(9)6-32-20(8)36-22-18(29)16(27)14(25)12(35-22)7-33-21-17(28)15(26)13(24)11(5-23)34-21/h2,6,8-9,11-18,20-29H,1,3-5,7H2. The molecule has 0 saturated carbocycles. The number of carbonyl (C=O) groups is 1. The fourth-order valence-corrected chi connectivity index (χ4v) is 4.72. The van der Waals surface area contributed by atoms with E-state index in [9.17, 15) is 40.5 Å². The van der Waals surface area contributed by atoms with Crippen molar-refractivity contribution in [3.8, 4) is 0 Å². The zero-order valence-electron chi connectivity index (χ0n) is 19.2. The van der Waals surface area contributed by atoms with Crippen LogP contribution >= 0.6 is 0 Å². The molecule has 3 saturated heterocycles. The van der Waals surface area contributed by atoms with Gasteiger partial charge in [-0.1, -0.05) is 6.08 Å². The Kier molecular flexibility index (Phi) is 8.63. The van der Waals surface area contributed by atoms with Gasteiger partial charge >= 0.3 is 5.97 Å². The number of esters is 1. The Hall–Kier alpha value is -1.69. The molecule has 0 spiro atoms. The zero-order chi connectivity index (χ0) is 26.1. The molecule has 4 aliphatic heterocycles. The Labute approximate surface area is 205 Å². The first-order chi connectivity index (χ1) is 17.2. The van der Waals surface area contributed by atoms with Gasteiger partial charge in [0.25, 0.3) is 0 Å². The highest BCUT2D eigenvalue weighted by Crippen LogP contribution is 2.38. The second-order valence-electron chi connectivity index (χ2n) is 9.10. The number of rotatable bonds is 7. The molecule has 36 heavy (non-hydrogen) atoms. The summed E-state index contributed by atoms with van der Waals surface area (Å²) in [6.45, 7) is 2.83. The van der Waals surface area contributed by atoms with E-state index in [0.29, 0.717) is 12.0 Å². The lowest BCUT2D eigenvalue weighted by atomic mass is 9.81. The van der Waals surface area contributed by atoms with Crippen molar-refractivity contribution in [2.75, 3.05) is 19.8 Å². The number of hydrogen-bond donors (Lipinski definition) is 7. The monoisotopic (exact) mass is 520 g/mol. The number of carbonyl (C=O) groups excluding carboxylic acids is 1. The van der Waals surface area contributed by atoms with Crippen molar-refractivity contribution in [3.05, 3.63) is 24.5 Å². The highest BCUT2D eigenvalue weighted by molar-refractivity contribution is 5.89. The van der Waals surface area contributed by atoms with Gasteiger partial charge in [-0.3, -0.25) is 0 Å². The number of cyclic esters (lactones) is 1. The molecule has 3 fully saturated rings. The molecular weight excluding hydrogens is 488 g/mol. The summed E-state index contributed by atoms with van der Waals surface area (Å²) < 4.78 is 32.6. The molecule has 13 atom stereocenters. The highest BCUT2D eigenvalue weighted by atomic mass is 16.8. The molecule has 4 rings (SSSR count). The summed E-state index contributed by atoms with van der Waals surface area (Å²) in [5, 5.41) is 70.4. The largest absolute Gasteiger partial charge is 0.471 e. The minimum absolute atomic E-state index is 0.211. The van der Waals surface area contributed by atoms with Crippen LogP contribution in [0, 0.1) is 11.8 Å². The summed E-state index contributed by atoms with van der Waals surface area (Å²) in [5.41, 5.74) is 0.331. The average molecular weight is 520 g/mol. The molecule has 0 aromatic carbocycles. The maximum absolute atomic E-state index is 12.0. The molecule has 13 unspecified atom stereocenters. The average Bonchev–Trinajstić information content (AvgIpc) is 2.87. The van der Waals surface area contributed by atoms with Gasteiger partial charge in [-0.25, -0.2) is 4.79 Å². The fourth-order valence-electron chi connectivity index (χ4n) is 4.72. The van der Waals surface area contributed by atoms with Gasteiger partial charge in [0.1, 0.15) is 48.8 Å². The molecule has 4 heterocycles. The zero-order valence-corrected chi connectivity index (χ0v) is 19.2. The smallest absolute Gasteiger partial charge is 0.337 e. The van der Waals surface area contributed by atoms with Crippen LogP contribution in [0.2, 0.25) is 0 Å². The normalized spacial score (nSPS) is 47.2. The van der Waals surface area contributed by atoms with Crippen LogP contribution < -0.4 is 0 Å². The third kappa shape index (κ3) is 5.16. The minimum Gasteiger partial charge on any atom is -0.471 e. The number of aliphatic hydroxyl groups is 7. The van der Waals surface area contributed by atoms with Crippen LogP contribution in [0.5, 0.6) is 0 Å².